The standard InChI is InChI=1S/C25H21N5O2/c1-16-11-18-7-8-20(32-2)13-23(18)29-24(16)30-25(31)21-5-3-4-6-22(21)28-15-17-9-10-27-19(12-17)14-26/h3-13,28H,15H2,1-2H3,(H,29,30,31). The van der Waals surface area contributed by atoms with Crippen molar-refractivity contribution in [1.29, 1.82) is 5.26 Å². The number of hydrogen-bond acceptors (Lipinski definition) is 6. The van der Waals surface area contributed by atoms with Gasteiger partial charge >= 0.3 is 0 Å². The maximum atomic E-state index is 13.1. The summed E-state index contributed by atoms with van der Waals surface area (Å²) < 4.78 is 5.28. The molecule has 0 aliphatic carbocycles. The van der Waals surface area contributed by atoms with Crippen LogP contribution in [0.4, 0.5) is 11.5 Å². The van der Waals surface area contributed by atoms with Crippen molar-refractivity contribution in [1.82, 2.24) is 9.97 Å². The molecule has 0 aliphatic heterocycles. The minimum absolute atomic E-state index is 0.265. The van der Waals surface area contributed by atoms with Crippen molar-refractivity contribution in [3.05, 3.63) is 89.2 Å². The zero-order chi connectivity index (χ0) is 22.5. The quantitative estimate of drug-likeness (QED) is 0.467. The van der Waals surface area contributed by atoms with Crippen LogP contribution in [-0.4, -0.2) is 23.0 Å². The zero-order valence-electron chi connectivity index (χ0n) is 17.7. The van der Waals surface area contributed by atoms with Crippen LogP contribution in [0.15, 0.2) is 66.9 Å². The summed E-state index contributed by atoms with van der Waals surface area (Å²) in [4.78, 5) is 21.7. The molecule has 0 bridgehead atoms. The number of pyridine rings is 2. The monoisotopic (exact) mass is 423 g/mol. The van der Waals surface area contributed by atoms with Crippen LogP contribution in [0.3, 0.4) is 0 Å². The van der Waals surface area contributed by atoms with Gasteiger partial charge in [-0.05, 0) is 60.5 Å². The molecule has 4 aromatic rings. The number of amides is 1. The smallest absolute Gasteiger partial charge is 0.258 e. The van der Waals surface area contributed by atoms with Gasteiger partial charge in [0.1, 0.15) is 23.3 Å². The van der Waals surface area contributed by atoms with E-state index in [1.165, 1.54) is 0 Å². The van der Waals surface area contributed by atoms with Crippen LogP contribution in [0.5, 0.6) is 5.75 Å². The van der Waals surface area contributed by atoms with Gasteiger partial charge in [-0.25, -0.2) is 9.97 Å². The van der Waals surface area contributed by atoms with Crippen LogP contribution in [0.25, 0.3) is 10.9 Å². The molecule has 7 heteroatoms. The van der Waals surface area contributed by atoms with E-state index in [9.17, 15) is 4.79 Å². The number of carbonyl (C=O) groups is 1. The van der Waals surface area contributed by atoms with Crippen molar-refractivity contribution in [2.45, 2.75) is 13.5 Å². The van der Waals surface area contributed by atoms with Crippen molar-refractivity contribution in [3.8, 4) is 11.8 Å². The van der Waals surface area contributed by atoms with Crippen molar-refractivity contribution >= 4 is 28.3 Å². The van der Waals surface area contributed by atoms with E-state index in [0.717, 1.165) is 22.0 Å². The first-order valence-corrected chi connectivity index (χ1v) is 10.0. The second kappa shape index (κ2) is 9.14. The third-order valence-corrected chi connectivity index (χ3v) is 5.04. The third kappa shape index (κ3) is 4.50. The molecule has 7 nitrogen and oxygen atoms in total. The molecule has 2 N–H and O–H groups in total. The summed E-state index contributed by atoms with van der Waals surface area (Å²) in [6, 6.07) is 20.5. The van der Waals surface area contributed by atoms with Gasteiger partial charge in [0.2, 0.25) is 0 Å². The summed E-state index contributed by atoms with van der Waals surface area (Å²) in [5.74, 6) is 0.938. The lowest BCUT2D eigenvalue weighted by Gasteiger charge is -2.14. The van der Waals surface area contributed by atoms with E-state index in [1.54, 1.807) is 25.4 Å². The first-order chi connectivity index (χ1) is 15.6. The van der Waals surface area contributed by atoms with Gasteiger partial charge in [0.05, 0.1) is 18.2 Å². The summed E-state index contributed by atoms with van der Waals surface area (Å²) >= 11 is 0. The topological polar surface area (TPSA) is 99.9 Å². The normalized spacial score (nSPS) is 10.4. The summed E-state index contributed by atoms with van der Waals surface area (Å²) in [6.45, 7) is 2.36. The van der Waals surface area contributed by atoms with E-state index >= 15 is 0 Å². The molecule has 0 radical (unpaired) electrons. The predicted molar refractivity (Wildman–Crippen MR) is 124 cm³/mol. The molecule has 0 unspecified atom stereocenters. The molecule has 4 rings (SSSR count). The van der Waals surface area contributed by atoms with Crippen molar-refractivity contribution in [2.75, 3.05) is 17.7 Å². The lowest BCUT2D eigenvalue weighted by atomic mass is 10.1. The number of nitrogens with zero attached hydrogens (tertiary/aromatic N) is 3. The number of carbonyl (C=O) groups excluding carboxylic acids is 1. The molecule has 0 spiro atoms. The highest BCUT2D eigenvalue weighted by atomic mass is 16.5. The Morgan fingerprint density at radius 3 is 2.78 bits per heavy atom. The number of hydrogen-bond donors (Lipinski definition) is 2. The number of fused-ring (bicyclic) bond motifs is 1. The van der Waals surface area contributed by atoms with Gasteiger partial charge < -0.3 is 15.4 Å². The van der Waals surface area contributed by atoms with Crippen LogP contribution in [-0.2, 0) is 6.54 Å². The number of aromatic nitrogens is 2. The average Bonchev–Trinajstić information content (AvgIpc) is 2.83. The highest BCUT2D eigenvalue weighted by Crippen LogP contribution is 2.25. The van der Waals surface area contributed by atoms with Crippen molar-refractivity contribution in [2.24, 2.45) is 0 Å². The minimum Gasteiger partial charge on any atom is -0.497 e. The summed E-state index contributed by atoms with van der Waals surface area (Å²) in [5, 5.41) is 16.2. The number of nitrogens with one attached hydrogen (secondary N) is 2. The van der Waals surface area contributed by atoms with Gasteiger partial charge in [-0.1, -0.05) is 12.1 Å². The Labute approximate surface area is 185 Å². The lowest BCUT2D eigenvalue weighted by Crippen LogP contribution is -2.16. The van der Waals surface area contributed by atoms with Crippen molar-refractivity contribution < 1.29 is 9.53 Å². The van der Waals surface area contributed by atoms with Gasteiger partial charge in [-0.15, -0.1) is 0 Å². The fourth-order valence-electron chi connectivity index (χ4n) is 3.36. The average molecular weight is 423 g/mol. The highest BCUT2D eigenvalue weighted by Gasteiger charge is 2.14. The fourth-order valence-corrected chi connectivity index (χ4v) is 3.36. The van der Waals surface area contributed by atoms with Crippen molar-refractivity contribution in [3.63, 3.8) is 0 Å². The maximum Gasteiger partial charge on any atom is 0.258 e. The highest BCUT2D eigenvalue weighted by molar-refractivity contribution is 6.08. The first kappa shape index (κ1) is 20.8. The molecule has 0 atom stereocenters. The number of aryl methyl sites for hydroxylation is 1. The number of para-hydroxylation sites is 1. The van der Waals surface area contributed by atoms with Crippen LogP contribution in [0.1, 0.15) is 27.2 Å². The largest absolute Gasteiger partial charge is 0.497 e. The van der Waals surface area contributed by atoms with Crippen LogP contribution in [0.2, 0.25) is 0 Å². The van der Waals surface area contributed by atoms with E-state index < -0.39 is 0 Å². The molecule has 158 valence electrons. The molecule has 32 heavy (non-hydrogen) atoms. The number of nitriles is 1. The van der Waals surface area contributed by atoms with Crippen LogP contribution >= 0.6 is 0 Å². The van der Waals surface area contributed by atoms with E-state index in [4.69, 9.17) is 10.00 Å². The van der Waals surface area contributed by atoms with Gasteiger partial charge in [0.15, 0.2) is 0 Å². The summed E-state index contributed by atoms with van der Waals surface area (Å²) in [5.41, 5.74) is 4.02. The van der Waals surface area contributed by atoms with E-state index in [-0.39, 0.29) is 5.91 Å². The molecule has 0 saturated carbocycles. The van der Waals surface area contributed by atoms with Gasteiger partial charge in [0, 0.05) is 29.9 Å². The Morgan fingerprint density at radius 2 is 1.97 bits per heavy atom. The number of benzene rings is 2. The molecule has 2 heterocycles. The van der Waals surface area contributed by atoms with Gasteiger partial charge in [-0.3, -0.25) is 4.79 Å². The van der Waals surface area contributed by atoms with E-state index in [0.29, 0.717) is 35.1 Å². The number of ether oxygens (including phenoxy) is 1. The molecular formula is C25H21N5O2. The Morgan fingerprint density at radius 1 is 1.12 bits per heavy atom. The Hall–Kier alpha value is -4.44. The molecule has 0 fully saturated rings. The first-order valence-electron chi connectivity index (χ1n) is 10.0. The number of methoxy groups -OCH3 is 1. The molecule has 2 aromatic heterocycles. The minimum atomic E-state index is -0.265. The van der Waals surface area contributed by atoms with Crippen LogP contribution in [0, 0.1) is 18.3 Å². The summed E-state index contributed by atoms with van der Waals surface area (Å²) in [6.07, 6.45) is 1.59. The molecule has 0 aliphatic rings. The summed E-state index contributed by atoms with van der Waals surface area (Å²) in [7, 11) is 1.61. The SMILES string of the molecule is COc1ccc2cc(C)c(NC(=O)c3ccccc3NCc3ccnc(C#N)c3)nc2c1. The predicted octanol–water partition coefficient (Wildman–Crippen LogP) is 4.68. The maximum absolute atomic E-state index is 13.1. The molecular weight excluding hydrogens is 402 g/mol. The van der Waals surface area contributed by atoms with Gasteiger partial charge in [0.25, 0.3) is 5.91 Å². The van der Waals surface area contributed by atoms with Crippen LogP contribution < -0.4 is 15.4 Å². The molecule has 0 saturated heterocycles. The second-order valence-corrected chi connectivity index (χ2v) is 7.23. The number of anilines is 2. The Kier molecular flexibility index (Phi) is 5.95. The molecule has 1 amide bonds. The zero-order valence-corrected chi connectivity index (χ0v) is 17.7. The molecule has 2 aromatic carbocycles. The van der Waals surface area contributed by atoms with E-state index in [1.807, 2.05) is 61.5 Å². The third-order valence-electron chi connectivity index (χ3n) is 5.04. The Bertz CT molecular complexity index is 1340. The fraction of sp³-hybridized carbons (Fsp3) is 0.120. The van der Waals surface area contributed by atoms with E-state index in [2.05, 4.69) is 20.6 Å². The lowest BCUT2D eigenvalue weighted by molar-refractivity contribution is 0.102. The van der Waals surface area contributed by atoms with Gasteiger partial charge in [-0.2, -0.15) is 5.26 Å². The second-order valence-electron chi connectivity index (χ2n) is 7.23. The Balaban J connectivity index is 1.56. The number of rotatable bonds is 6.